The van der Waals surface area contributed by atoms with E-state index in [0.717, 1.165) is 0 Å². The highest BCUT2D eigenvalue weighted by Gasteiger charge is 2.13. The SMILES string of the molecule is OCc1cn(-c2ccccc2F)nc1-c1ccc(F)cc1. The van der Waals surface area contributed by atoms with Gasteiger partial charge in [-0.2, -0.15) is 5.10 Å². The van der Waals surface area contributed by atoms with Crippen LogP contribution in [0.15, 0.2) is 54.7 Å². The summed E-state index contributed by atoms with van der Waals surface area (Å²) in [5, 5.41) is 13.7. The van der Waals surface area contributed by atoms with Crippen LogP contribution >= 0.6 is 0 Å². The zero-order valence-electron chi connectivity index (χ0n) is 11.0. The van der Waals surface area contributed by atoms with Crippen LogP contribution in [0.1, 0.15) is 5.56 Å². The smallest absolute Gasteiger partial charge is 0.148 e. The van der Waals surface area contributed by atoms with Gasteiger partial charge in [0.25, 0.3) is 0 Å². The van der Waals surface area contributed by atoms with E-state index in [-0.39, 0.29) is 12.4 Å². The zero-order chi connectivity index (χ0) is 14.8. The van der Waals surface area contributed by atoms with Gasteiger partial charge in [-0.05, 0) is 36.4 Å². The molecule has 1 aromatic heterocycles. The number of aliphatic hydroxyl groups is 1. The summed E-state index contributed by atoms with van der Waals surface area (Å²) < 4.78 is 28.2. The van der Waals surface area contributed by atoms with Crippen molar-refractivity contribution < 1.29 is 13.9 Å². The third-order valence-electron chi connectivity index (χ3n) is 3.18. The molecule has 0 radical (unpaired) electrons. The van der Waals surface area contributed by atoms with Crippen molar-refractivity contribution in [2.24, 2.45) is 0 Å². The number of aromatic nitrogens is 2. The van der Waals surface area contributed by atoms with Crippen molar-refractivity contribution in [2.75, 3.05) is 0 Å². The molecule has 106 valence electrons. The lowest BCUT2D eigenvalue weighted by Crippen LogP contribution is -1.98. The van der Waals surface area contributed by atoms with Gasteiger partial charge >= 0.3 is 0 Å². The first-order valence-corrected chi connectivity index (χ1v) is 6.39. The lowest BCUT2D eigenvalue weighted by atomic mass is 10.1. The highest BCUT2D eigenvalue weighted by atomic mass is 19.1. The van der Waals surface area contributed by atoms with Gasteiger partial charge in [0.1, 0.15) is 17.3 Å². The summed E-state index contributed by atoms with van der Waals surface area (Å²) in [5.74, 6) is -0.756. The number of para-hydroxylation sites is 1. The number of rotatable bonds is 3. The fourth-order valence-electron chi connectivity index (χ4n) is 2.14. The van der Waals surface area contributed by atoms with Crippen LogP contribution in [0.4, 0.5) is 8.78 Å². The maximum Gasteiger partial charge on any atom is 0.148 e. The van der Waals surface area contributed by atoms with Gasteiger partial charge < -0.3 is 5.11 Å². The molecular weight excluding hydrogens is 274 g/mol. The second-order valence-corrected chi connectivity index (χ2v) is 4.56. The van der Waals surface area contributed by atoms with Crippen molar-refractivity contribution in [3.63, 3.8) is 0 Å². The molecular formula is C16H12F2N2O. The van der Waals surface area contributed by atoms with Gasteiger partial charge in [0, 0.05) is 17.3 Å². The molecule has 0 aliphatic heterocycles. The summed E-state index contributed by atoms with van der Waals surface area (Å²) in [4.78, 5) is 0. The molecule has 0 saturated carbocycles. The van der Waals surface area contributed by atoms with Gasteiger partial charge in [-0.1, -0.05) is 12.1 Å². The standard InChI is InChI=1S/C16H12F2N2O/c17-13-7-5-11(6-8-13)16-12(10-21)9-20(19-16)15-4-2-1-3-14(15)18/h1-9,21H,10H2. The molecule has 5 heteroatoms. The average molecular weight is 286 g/mol. The van der Waals surface area contributed by atoms with Gasteiger partial charge in [-0.25, -0.2) is 13.5 Å². The van der Waals surface area contributed by atoms with E-state index in [1.54, 1.807) is 36.5 Å². The van der Waals surface area contributed by atoms with Crippen molar-refractivity contribution in [1.82, 2.24) is 9.78 Å². The summed E-state index contributed by atoms with van der Waals surface area (Å²) in [6.07, 6.45) is 1.57. The predicted octanol–water partition coefficient (Wildman–Crippen LogP) is 3.31. The van der Waals surface area contributed by atoms with E-state index in [1.807, 2.05) is 0 Å². The van der Waals surface area contributed by atoms with Crippen LogP contribution in [0.3, 0.4) is 0 Å². The molecule has 3 rings (SSSR count). The highest BCUT2D eigenvalue weighted by Crippen LogP contribution is 2.24. The predicted molar refractivity (Wildman–Crippen MR) is 74.8 cm³/mol. The monoisotopic (exact) mass is 286 g/mol. The molecule has 0 unspecified atom stereocenters. The third kappa shape index (κ3) is 2.55. The normalized spacial score (nSPS) is 10.8. The van der Waals surface area contributed by atoms with Crippen LogP contribution in [-0.2, 0) is 6.61 Å². The summed E-state index contributed by atoms with van der Waals surface area (Å²) >= 11 is 0. The van der Waals surface area contributed by atoms with E-state index < -0.39 is 5.82 Å². The number of hydrogen-bond acceptors (Lipinski definition) is 2. The van der Waals surface area contributed by atoms with Crippen molar-refractivity contribution in [3.05, 3.63) is 71.9 Å². The Morgan fingerprint density at radius 1 is 1.00 bits per heavy atom. The Bertz CT molecular complexity index is 766. The molecule has 1 N–H and O–H groups in total. The molecule has 0 fully saturated rings. The van der Waals surface area contributed by atoms with Crippen molar-refractivity contribution >= 4 is 0 Å². The molecule has 0 aliphatic rings. The summed E-state index contributed by atoms with van der Waals surface area (Å²) in [7, 11) is 0. The first-order chi connectivity index (χ1) is 10.2. The van der Waals surface area contributed by atoms with Gasteiger partial charge in [-0.15, -0.1) is 0 Å². The number of halogens is 2. The van der Waals surface area contributed by atoms with E-state index in [1.165, 1.54) is 22.9 Å². The molecule has 0 amide bonds. The molecule has 21 heavy (non-hydrogen) atoms. The largest absolute Gasteiger partial charge is 0.392 e. The molecule has 0 aliphatic carbocycles. The molecule has 0 bridgehead atoms. The maximum absolute atomic E-state index is 13.8. The summed E-state index contributed by atoms with van der Waals surface area (Å²) in [6, 6.07) is 12.0. The third-order valence-corrected chi connectivity index (χ3v) is 3.18. The Hall–Kier alpha value is -2.53. The summed E-state index contributed by atoms with van der Waals surface area (Å²) in [6.45, 7) is -0.235. The molecule has 3 nitrogen and oxygen atoms in total. The van der Waals surface area contributed by atoms with E-state index in [0.29, 0.717) is 22.5 Å². The Kier molecular flexibility index (Phi) is 3.50. The molecule has 0 atom stereocenters. The Labute approximate surface area is 120 Å². The van der Waals surface area contributed by atoms with Crippen LogP contribution in [0.2, 0.25) is 0 Å². The number of aliphatic hydroxyl groups excluding tert-OH is 1. The zero-order valence-corrected chi connectivity index (χ0v) is 11.0. The Morgan fingerprint density at radius 3 is 2.38 bits per heavy atom. The summed E-state index contributed by atoms with van der Waals surface area (Å²) in [5.41, 5.74) is 2.00. The van der Waals surface area contributed by atoms with Crippen LogP contribution in [0.5, 0.6) is 0 Å². The molecule has 2 aromatic carbocycles. The van der Waals surface area contributed by atoms with Gasteiger partial charge in [-0.3, -0.25) is 0 Å². The van der Waals surface area contributed by atoms with Crippen LogP contribution in [0, 0.1) is 11.6 Å². The average Bonchev–Trinajstić information content (AvgIpc) is 2.92. The first kappa shape index (κ1) is 13.5. The minimum Gasteiger partial charge on any atom is -0.392 e. The van der Waals surface area contributed by atoms with E-state index in [9.17, 15) is 13.9 Å². The molecule has 0 saturated heterocycles. The van der Waals surface area contributed by atoms with Crippen molar-refractivity contribution in [3.8, 4) is 16.9 Å². The molecule has 0 spiro atoms. The van der Waals surface area contributed by atoms with E-state index >= 15 is 0 Å². The van der Waals surface area contributed by atoms with Crippen molar-refractivity contribution in [2.45, 2.75) is 6.61 Å². The van der Waals surface area contributed by atoms with E-state index in [4.69, 9.17) is 0 Å². The lowest BCUT2D eigenvalue weighted by Gasteiger charge is -2.02. The van der Waals surface area contributed by atoms with Gasteiger partial charge in [0.05, 0.1) is 12.3 Å². The molecule has 1 heterocycles. The first-order valence-electron chi connectivity index (χ1n) is 6.39. The topological polar surface area (TPSA) is 38.0 Å². The van der Waals surface area contributed by atoms with Crippen LogP contribution in [0.25, 0.3) is 16.9 Å². The van der Waals surface area contributed by atoms with Gasteiger partial charge in [0.15, 0.2) is 0 Å². The highest BCUT2D eigenvalue weighted by molar-refractivity contribution is 5.63. The second kappa shape index (κ2) is 5.46. The Morgan fingerprint density at radius 2 is 1.71 bits per heavy atom. The molecule has 3 aromatic rings. The minimum atomic E-state index is -0.407. The fraction of sp³-hybridized carbons (Fsp3) is 0.0625. The Balaban J connectivity index is 2.11. The lowest BCUT2D eigenvalue weighted by molar-refractivity contribution is 0.282. The van der Waals surface area contributed by atoms with Crippen LogP contribution < -0.4 is 0 Å². The van der Waals surface area contributed by atoms with Crippen molar-refractivity contribution in [1.29, 1.82) is 0 Å². The number of nitrogens with zero attached hydrogens (tertiary/aromatic N) is 2. The van der Waals surface area contributed by atoms with Crippen LogP contribution in [-0.4, -0.2) is 14.9 Å². The van der Waals surface area contributed by atoms with E-state index in [2.05, 4.69) is 5.10 Å². The minimum absolute atomic E-state index is 0.235. The maximum atomic E-state index is 13.8. The quantitative estimate of drug-likeness (QED) is 0.802. The number of benzene rings is 2. The fourth-order valence-corrected chi connectivity index (χ4v) is 2.14. The van der Waals surface area contributed by atoms with Gasteiger partial charge in [0.2, 0.25) is 0 Å². The number of hydrogen-bond donors (Lipinski definition) is 1. The second-order valence-electron chi connectivity index (χ2n) is 4.56.